The second-order valence-electron chi connectivity index (χ2n) is 5.66. The van der Waals surface area contributed by atoms with Crippen LogP contribution in [0.5, 0.6) is 0 Å². The number of nitrogens with zero attached hydrogens (tertiary/aromatic N) is 1. The normalized spacial score (nSPS) is 14.0. The Morgan fingerprint density at radius 3 is 2.44 bits per heavy atom. The first-order chi connectivity index (χ1) is 8.28. The van der Waals surface area contributed by atoms with Gasteiger partial charge in [0.2, 0.25) is 0 Å². The van der Waals surface area contributed by atoms with Crippen molar-refractivity contribution in [1.82, 2.24) is 10.2 Å². The number of hydrogen-bond donors (Lipinski definition) is 1. The fraction of sp³-hybridized carbons (Fsp3) is 0.600. The van der Waals surface area contributed by atoms with Gasteiger partial charge in [0.05, 0.1) is 0 Å². The number of aryl methyl sites for hydroxylation is 1. The van der Waals surface area contributed by atoms with Crippen molar-refractivity contribution < 1.29 is 4.39 Å². The second kappa shape index (κ2) is 5.81. The minimum absolute atomic E-state index is 0.00745. The van der Waals surface area contributed by atoms with Crippen LogP contribution in [-0.2, 0) is 6.42 Å². The lowest BCUT2D eigenvalue weighted by molar-refractivity contribution is 0.141. The Hall–Kier alpha value is -0.930. The first-order valence-electron chi connectivity index (χ1n) is 6.38. The molecule has 0 heterocycles. The summed E-state index contributed by atoms with van der Waals surface area (Å²) in [6.45, 7) is 6.43. The Morgan fingerprint density at radius 2 is 1.94 bits per heavy atom. The summed E-state index contributed by atoms with van der Waals surface area (Å²) in [4.78, 5) is 2.20. The summed E-state index contributed by atoms with van der Waals surface area (Å²) in [7, 11) is 6.11. The van der Waals surface area contributed by atoms with Crippen molar-refractivity contribution in [2.24, 2.45) is 0 Å². The summed E-state index contributed by atoms with van der Waals surface area (Å²) in [5.41, 5.74) is 2.23. The van der Waals surface area contributed by atoms with Crippen LogP contribution < -0.4 is 5.32 Å². The van der Waals surface area contributed by atoms with Crippen molar-refractivity contribution in [2.75, 3.05) is 21.1 Å². The van der Waals surface area contributed by atoms with Crippen molar-refractivity contribution in [3.05, 3.63) is 35.1 Å². The van der Waals surface area contributed by atoms with E-state index in [2.05, 4.69) is 38.2 Å². The predicted molar refractivity (Wildman–Crippen MR) is 75.5 cm³/mol. The quantitative estimate of drug-likeness (QED) is 0.866. The minimum atomic E-state index is -0.159. The van der Waals surface area contributed by atoms with Crippen molar-refractivity contribution in [2.45, 2.75) is 38.8 Å². The maximum atomic E-state index is 13.3. The van der Waals surface area contributed by atoms with Crippen LogP contribution in [0, 0.1) is 12.7 Å². The van der Waals surface area contributed by atoms with E-state index in [1.165, 1.54) is 6.07 Å². The fourth-order valence-corrected chi connectivity index (χ4v) is 2.10. The lowest BCUT2D eigenvalue weighted by Crippen LogP contribution is -2.55. The third kappa shape index (κ3) is 3.30. The standard InChI is InChI=1S/C15H25FN2/c1-11-7-8-13(16)9-12(11)10-14(17-4)15(2,3)18(5)6/h7-9,14,17H,10H2,1-6H3. The molecule has 1 atom stereocenters. The van der Waals surface area contributed by atoms with E-state index < -0.39 is 0 Å². The van der Waals surface area contributed by atoms with Gasteiger partial charge in [0, 0.05) is 11.6 Å². The van der Waals surface area contributed by atoms with Crippen molar-refractivity contribution >= 4 is 0 Å². The van der Waals surface area contributed by atoms with Gasteiger partial charge in [-0.2, -0.15) is 0 Å². The van der Waals surface area contributed by atoms with Gasteiger partial charge in [-0.1, -0.05) is 6.07 Å². The Bertz CT molecular complexity index is 399. The molecule has 1 aromatic rings. The third-order valence-corrected chi connectivity index (χ3v) is 4.09. The number of nitrogens with one attached hydrogen (secondary N) is 1. The average Bonchev–Trinajstić information content (AvgIpc) is 2.29. The maximum absolute atomic E-state index is 13.3. The van der Waals surface area contributed by atoms with Gasteiger partial charge in [0.1, 0.15) is 5.82 Å². The lowest BCUT2D eigenvalue weighted by atomic mass is 9.87. The summed E-state index contributed by atoms with van der Waals surface area (Å²) in [6, 6.07) is 5.28. The van der Waals surface area contributed by atoms with Crippen LogP contribution in [0.2, 0.25) is 0 Å². The highest BCUT2D eigenvalue weighted by atomic mass is 19.1. The molecule has 0 aliphatic rings. The molecule has 18 heavy (non-hydrogen) atoms. The van der Waals surface area contributed by atoms with Gasteiger partial charge < -0.3 is 10.2 Å². The molecule has 3 heteroatoms. The van der Waals surface area contributed by atoms with Gasteiger partial charge >= 0.3 is 0 Å². The first-order valence-corrected chi connectivity index (χ1v) is 6.38. The van der Waals surface area contributed by atoms with Crippen molar-refractivity contribution in [3.63, 3.8) is 0 Å². The van der Waals surface area contributed by atoms with Crippen LogP contribution in [0.15, 0.2) is 18.2 Å². The SMILES string of the molecule is CNC(Cc1cc(F)ccc1C)C(C)(C)N(C)C. The van der Waals surface area contributed by atoms with Gasteiger partial charge in [0.15, 0.2) is 0 Å². The number of rotatable bonds is 5. The predicted octanol–water partition coefficient (Wildman–Crippen LogP) is 2.60. The lowest BCUT2D eigenvalue weighted by Gasteiger charge is -2.40. The molecule has 0 saturated carbocycles. The largest absolute Gasteiger partial charge is 0.315 e. The monoisotopic (exact) mass is 252 g/mol. The number of likely N-dealkylation sites (N-methyl/N-ethyl adjacent to an activating group) is 2. The van der Waals surface area contributed by atoms with Crippen LogP contribution in [0.3, 0.4) is 0 Å². The molecular formula is C15H25FN2. The van der Waals surface area contributed by atoms with Crippen LogP contribution in [0.4, 0.5) is 4.39 Å². The summed E-state index contributed by atoms with van der Waals surface area (Å²) >= 11 is 0. The number of benzene rings is 1. The molecule has 1 aromatic carbocycles. The number of hydrogen-bond acceptors (Lipinski definition) is 2. The van der Waals surface area contributed by atoms with Gasteiger partial charge in [-0.3, -0.25) is 0 Å². The van der Waals surface area contributed by atoms with Crippen molar-refractivity contribution in [3.8, 4) is 0 Å². The third-order valence-electron chi connectivity index (χ3n) is 4.09. The summed E-state index contributed by atoms with van der Waals surface area (Å²) in [5, 5.41) is 3.35. The molecule has 0 saturated heterocycles. The van der Waals surface area contributed by atoms with E-state index >= 15 is 0 Å². The number of halogens is 1. The summed E-state index contributed by atoms with van der Waals surface area (Å²) in [5.74, 6) is -0.159. The van der Waals surface area contributed by atoms with Gasteiger partial charge in [-0.25, -0.2) is 4.39 Å². The molecule has 0 amide bonds. The molecule has 0 fully saturated rings. The van der Waals surface area contributed by atoms with Crippen LogP contribution in [0.1, 0.15) is 25.0 Å². The van der Waals surface area contributed by atoms with Gasteiger partial charge in [0.25, 0.3) is 0 Å². The highest BCUT2D eigenvalue weighted by Crippen LogP contribution is 2.21. The van der Waals surface area contributed by atoms with Gasteiger partial charge in [-0.05, 0) is 71.6 Å². The molecule has 0 spiro atoms. The smallest absolute Gasteiger partial charge is 0.123 e. The second-order valence-corrected chi connectivity index (χ2v) is 5.66. The van der Waals surface area contributed by atoms with E-state index in [9.17, 15) is 4.39 Å². The molecule has 1 N–H and O–H groups in total. The van der Waals surface area contributed by atoms with Crippen LogP contribution >= 0.6 is 0 Å². The first kappa shape index (κ1) is 15.1. The van der Waals surface area contributed by atoms with E-state index in [4.69, 9.17) is 0 Å². The van der Waals surface area contributed by atoms with E-state index in [0.29, 0.717) is 0 Å². The molecule has 1 rings (SSSR count). The van der Waals surface area contributed by atoms with E-state index in [0.717, 1.165) is 17.5 Å². The zero-order valence-corrected chi connectivity index (χ0v) is 12.3. The molecule has 0 bridgehead atoms. The van der Waals surface area contributed by atoms with E-state index in [1.54, 1.807) is 6.07 Å². The van der Waals surface area contributed by atoms with Crippen LogP contribution in [0.25, 0.3) is 0 Å². The molecule has 0 aromatic heterocycles. The Balaban J connectivity index is 2.96. The fourth-order valence-electron chi connectivity index (χ4n) is 2.10. The van der Waals surface area contributed by atoms with Crippen LogP contribution in [-0.4, -0.2) is 37.6 Å². The molecule has 1 unspecified atom stereocenters. The minimum Gasteiger partial charge on any atom is -0.315 e. The average molecular weight is 252 g/mol. The Morgan fingerprint density at radius 1 is 1.33 bits per heavy atom. The molecule has 2 nitrogen and oxygen atoms in total. The topological polar surface area (TPSA) is 15.3 Å². The molecule has 0 radical (unpaired) electrons. The maximum Gasteiger partial charge on any atom is 0.123 e. The zero-order chi connectivity index (χ0) is 13.9. The molecular weight excluding hydrogens is 227 g/mol. The van der Waals surface area contributed by atoms with Crippen molar-refractivity contribution in [1.29, 1.82) is 0 Å². The van der Waals surface area contributed by atoms with E-state index in [1.807, 2.05) is 20.0 Å². The summed E-state index contributed by atoms with van der Waals surface area (Å²) in [6.07, 6.45) is 0.825. The van der Waals surface area contributed by atoms with Gasteiger partial charge in [-0.15, -0.1) is 0 Å². The highest BCUT2D eigenvalue weighted by Gasteiger charge is 2.30. The zero-order valence-electron chi connectivity index (χ0n) is 12.3. The Labute approximate surface area is 110 Å². The highest BCUT2D eigenvalue weighted by molar-refractivity contribution is 5.28. The molecule has 0 aliphatic heterocycles. The van der Waals surface area contributed by atoms with E-state index in [-0.39, 0.29) is 17.4 Å². The molecule has 0 aliphatic carbocycles. The summed E-state index contributed by atoms with van der Waals surface area (Å²) < 4.78 is 13.3. The Kier molecular flexibility index (Phi) is 4.88. The molecule has 102 valence electrons.